The van der Waals surface area contributed by atoms with E-state index in [1.807, 2.05) is 0 Å². The van der Waals surface area contributed by atoms with Gasteiger partial charge in [-0.1, -0.05) is 17.6 Å². The zero-order valence-electron chi connectivity index (χ0n) is 14.8. The summed E-state index contributed by atoms with van der Waals surface area (Å²) in [5, 5.41) is 42.2. The third-order valence-corrected chi connectivity index (χ3v) is 4.81. The van der Waals surface area contributed by atoms with Gasteiger partial charge in [-0.15, -0.1) is 0 Å². The van der Waals surface area contributed by atoms with Crippen LogP contribution in [0, 0.1) is 11.6 Å². The molecular weight excluding hydrogens is 402 g/mol. The van der Waals surface area contributed by atoms with Gasteiger partial charge in [0, 0.05) is 17.0 Å². The molecule has 0 saturated heterocycles. The van der Waals surface area contributed by atoms with Crippen LogP contribution in [0.1, 0.15) is 43.3 Å². The van der Waals surface area contributed by atoms with E-state index >= 15 is 0 Å². The number of hydrogen-bond acceptors (Lipinski definition) is 5. The average molecular weight is 412 g/mol. The molecule has 0 aliphatic carbocycles. The number of fused-ring (bicyclic) bond motifs is 2. The van der Waals surface area contributed by atoms with Crippen LogP contribution in [0.2, 0.25) is 0 Å². The van der Waals surface area contributed by atoms with Crippen LogP contribution >= 0.6 is 0 Å². The Labute approximate surface area is 167 Å². The van der Waals surface area contributed by atoms with Crippen molar-refractivity contribution in [3.05, 3.63) is 81.9 Å². The lowest BCUT2D eigenvalue weighted by Gasteiger charge is -2.31. The normalized spacial score (nSPS) is 12.6. The second kappa shape index (κ2) is 6.73. The van der Waals surface area contributed by atoms with E-state index in [-0.39, 0.29) is 33.8 Å². The Morgan fingerprint density at radius 1 is 0.800 bits per heavy atom. The number of hydrogen-bond donors (Lipinski definition) is 2. The highest BCUT2D eigenvalue weighted by Crippen LogP contribution is 2.50. The van der Waals surface area contributed by atoms with Gasteiger partial charge >= 0.3 is 11.9 Å². The quantitative estimate of drug-likeness (QED) is 0.529. The molecule has 4 rings (SSSR count). The molecule has 0 spiro atoms. The van der Waals surface area contributed by atoms with Gasteiger partial charge in [0.25, 0.3) is 0 Å². The van der Waals surface area contributed by atoms with Crippen LogP contribution in [-0.4, -0.2) is 22.2 Å². The highest BCUT2D eigenvalue weighted by molar-refractivity contribution is 5.95. The molecule has 1 aliphatic rings. The molecule has 0 atom stereocenters. The van der Waals surface area contributed by atoms with Gasteiger partial charge in [0.05, 0.1) is 11.1 Å². The molecule has 30 heavy (non-hydrogen) atoms. The van der Waals surface area contributed by atoms with Crippen molar-refractivity contribution in [3.8, 4) is 23.0 Å². The van der Waals surface area contributed by atoms with Gasteiger partial charge in [-0.2, -0.15) is 0 Å². The maximum absolute atomic E-state index is 14.1. The lowest BCUT2D eigenvalue weighted by atomic mass is 9.80. The summed E-state index contributed by atoms with van der Waals surface area (Å²) in [6, 6.07) is 6.68. The molecule has 2 N–H and O–H groups in total. The summed E-state index contributed by atoms with van der Waals surface area (Å²) in [6.45, 7) is 0. The van der Waals surface area contributed by atoms with Crippen molar-refractivity contribution in [3.63, 3.8) is 0 Å². The Hall–Kier alpha value is -4.14. The molecule has 0 aromatic heterocycles. The zero-order valence-corrected chi connectivity index (χ0v) is 14.8. The minimum absolute atomic E-state index is 0.00870. The Kier molecular flexibility index (Phi) is 4.30. The molecule has 1 heterocycles. The molecule has 7 nitrogen and oxygen atoms in total. The smallest absolute Gasteiger partial charge is 0.336 e. The van der Waals surface area contributed by atoms with Crippen molar-refractivity contribution in [2.75, 3.05) is 0 Å². The molecule has 3 aromatic rings. The first-order valence-corrected chi connectivity index (χ1v) is 8.46. The SMILES string of the molecule is O=C(O)c1ccc(C2c3cc(F)c([O-])cc3Oc3cc([O-])c(F)cc32)c(C(=O)O)c1. The van der Waals surface area contributed by atoms with Gasteiger partial charge in [0.2, 0.25) is 0 Å². The molecule has 0 radical (unpaired) electrons. The number of aromatic carboxylic acids is 2. The summed E-state index contributed by atoms with van der Waals surface area (Å²) < 4.78 is 33.6. The Morgan fingerprint density at radius 3 is 1.80 bits per heavy atom. The predicted octanol–water partition coefficient (Wildman–Crippen LogP) is 2.79. The monoisotopic (exact) mass is 412 g/mol. The molecule has 0 unspecified atom stereocenters. The fraction of sp³-hybridized carbons (Fsp3) is 0.0476. The number of carboxylic acids is 2. The van der Waals surface area contributed by atoms with E-state index in [0.29, 0.717) is 0 Å². The molecule has 3 aromatic carbocycles. The predicted molar refractivity (Wildman–Crippen MR) is 93.1 cm³/mol. The first kappa shape index (κ1) is 19.2. The molecular formula is C21H10F2O7-2. The summed E-state index contributed by atoms with van der Waals surface area (Å²) in [6.07, 6.45) is 0. The van der Waals surface area contributed by atoms with Gasteiger partial charge in [-0.25, -0.2) is 18.4 Å². The molecule has 9 heteroatoms. The third-order valence-electron chi connectivity index (χ3n) is 4.81. The van der Waals surface area contributed by atoms with Gasteiger partial charge < -0.3 is 25.2 Å². The molecule has 1 aliphatic heterocycles. The fourth-order valence-electron chi connectivity index (χ4n) is 3.48. The van der Waals surface area contributed by atoms with Crippen molar-refractivity contribution in [2.45, 2.75) is 5.92 Å². The summed E-state index contributed by atoms with van der Waals surface area (Å²) in [5.41, 5.74) is -0.649. The van der Waals surface area contributed by atoms with E-state index in [2.05, 4.69) is 0 Å². The van der Waals surface area contributed by atoms with Crippen LogP contribution in [0.25, 0.3) is 0 Å². The van der Waals surface area contributed by atoms with Gasteiger partial charge in [0.15, 0.2) is 0 Å². The topological polar surface area (TPSA) is 130 Å². The lowest BCUT2D eigenvalue weighted by molar-refractivity contribution is -0.272. The number of rotatable bonds is 3. The van der Waals surface area contributed by atoms with E-state index in [4.69, 9.17) is 9.84 Å². The molecule has 0 amide bonds. The van der Waals surface area contributed by atoms with Crippen molar-refractivity contribution in [2.24, 2.45) is 0 Å². The van der Waals surface area contributed by atoms with E-state index in [9.17, 15) is 33.7 Å². The second-order valence-corrected chi connectivity index (χ2v) is 6.59. The standard InChI is InChI=1S/C21H12F2O7/c22-13-4-11-17(6-15(13)24)30-18-7-16(25)14(23)5-12(18)19(11)9-2-1-8(20(26)27)3-10(9)21(28)29/h1-7,19,24-25H,(H,26,27)(H,28,29)/p-2. The van der Waals surface area contributed by atoms with Crippen LogP contribution in [0.3, 0.4) is 0 Å². The Balaban J connectivity index is 2.05. The first-order chi connectivity index (χ1) is 14.2. The van der Waals surface area contributed by atoms with Crippen LogP contribution in [0.15, 0.2) is 42.5 Å². The van der Waals surface area contributed by atoms with Gasteiger partial charge in [-0.3, -0.25) is 0 Å². The lowest BCUT2D eigenvalue weighted by Crippen LogP contribution is -2.17. The highest BCUT2D eigenvalue weighted by atomic mass is 19.1. The van der Waals surface area contributed by atoms with Crippen LogP contribution in [-0.2, 0) is 0 Å². The molecule has 0 bridgehead atoms. The number of ether oxygens (including phenoxy) is 1. The number of carboxylic acid groups (broad SMARTS) is 2. The zero-order chi connectivity index (χ0) is 21.7. The average Bonchev–Trinajstić information content (AvgIpc) is 2.68. The van der Waals surface area contributed by atoms with Gasteiger partial charge in [0.1, 0.15) is 23.1 Å². The van der Waals surface area contributed by atoms with Crippen molar-refractivity contribution >= 4 is 11.9 Å². The minimum Gasteiger partial charge on any atom is -0.870 e. The maximum atomic E-state index is 14.1. The van der Waals surface area contributed by atoms with Crippen molar-refractivity contribution in [1.82, 2.24) is 0 Å². The molecule has 152 valence electrons. The summed E-state index contributed by atoms with van der Waals surface area (Å²) in [4.78, 5) is 23.1. The second-order valence-electron chi connectivity index (χ2n) is 6.59. The molecule has 0 saturated carbocycles. The van der Waals surface area contributed by atoms with E-state index in [1.54, 1.807) is 0 Å². The number of carbonyl (C=O) groups is 2. The third kappa shape index (κ3) is 2.96. The summed E-state index contributed by atoms with van der Waals surface area (Å²) in [5.74, 6) is -8.45. The fourth-order valence-corrected chi connectivity index (χ4v) is 3.48. The van der Waals surface area contributed by atoms with Crippen LogP contribution in [0.4, 0.5) is 8.78 Å². The maximum Gasteiger partial charge on any atom is 0.336 e. The molecule has 0 fully saturated rings. The van der Waals surface area contributed by atoms with E-state index in [0.717, 1.165) is 36.4 Å². The van der Waals surface area contributed by atoms with Crippen LogP contribution in [0.5, 0.6) is 23.0 Å². The Morgan fingerprint density at radius 2 is 1.33 bits per heavy atom. The minimum atomic E-state index is -1.47. The largest absolute Gasteiger partial charge is 0.870 e. The van der Waals surface area contributed by atoms with E-state index < -0.39 is 46.6 Å². The van der Waals surface area contributed by atoms with Gasteiger partial charge in [-0.05, 0) is 42.0 Å². The number of benzene rings is 3. The number of halogens is 2. The Bertz CT molecular complexity index is 1180. The first-order valence-electron chi connectivity index (χ1n) is 8.46. The highest BCUT2D eigenvalue weighted by Gasteiger charge is 2.33. The van der Waals surface area contributed by atoms with Crippen molar-refractivity contribution in [1.29, 1.82) is 0 Å². The van der Waals surface area contributed by atoms with Crippen LogP contribution < -0.4 is 14.9 Å². The summed E-state index contributed by atoms with van der Waals surface area (Å²) >= 11 is 0. The van der Waals surface area contributed by atoms with Crippen molar-refractivity contribution < 1.29 is 43.5 Å². The van der Waals surface area contributed by atoms with E-state index in [1.165, 1.54) is 6.07 Å². The summed E-state index contributed by atoms with van der Waals surface area (Å²) in [7, 11) is 0.